The quantitative estimate of drug-likeness (QED) is 0.575. The number of nitrogens with one attached hydrogen (secondary N) is 1. The molecule has 0 bridgehead atoms. The average molecular weight is 410 g/mol. The molecule has 1 amide bonds. The van der Waals surface area contributed by atoms with E-state index in [0.717, 1.165) is 35.9 Å². The Balaban J connectivity index is 1.64. The van der Waals surface area contributed by atoms with Crippen LogP contribution in [0.25, 0.3) is 22.1 Å². The minimum Gasteiger partial charge on any atom is -0.366 e. The lowest BCUT2D eigenvalue weighted by molar-refractivity contribution is -0.130. The smallest absolute Gasteiger partial charge is 0.219 e. The summed E-state index contributed by atoms with van der Waals surface area (Å²) >= 11 is 0. The molecule has 4 rings (SSSR count). The number of amides is 1. The highest BCUT2D eigenvalue weighted by molar-refractivity contribution is 5.91. The van der Waals surface area contributed by atoms with E-state index < -0.39 is 0 Å². The third kappa shape index (κ3) is 4.48. The van der Waals surface area contributed by atoms with Gasteiger partial charge in [-0.3, -0.25) is 4.79 Å². The average Bonchev–Trinajstić information content (AvgIpc) is 3.44. The molecule has 1 aromatic heterocycles. The topological polar surface area (TPSA) is 58.4 Å². The van der Waals surface area contributed by atoms with Crippen molar-refractivity contribution in [1.82, 2.24) is 10.1 Å². The summed E-state index contributed by atoms with van der Waals surface area (Å²) in [6, 6.07) is 11.2. The van der Waals surface area contributed by atoms with Crippen LogP contribution in [0.15, 0.2) is 40.9 Å². The van der Waals surface area contributed by atoms with E-state index in [1.54, 1.807) is 17.9 Å². The molecule has 158 valence electrons. The molecule has 6 heteroatoms. The summed E-state index contributed by atoms with van der Waals surface area (Å²) in [6.45, 7) is 9.07. The zero-order chi connectivity index (χ0) is 21.5. The van der Waals surface area contributed by atoms with Crippen LogP contribution < -0.4 is 5.32 Å². The number of rotatable bonds is 6. The normalized spacial score (nSPS) is 14.2. The van der Waals surface area contributed by atoms with Crippen LogP contribution in [0.2, 0.25) is 0 Å². The van der Waals surface area contributed by atoms with Gasteiger partial charge in [0.2, 0.25) is 5.91 Å². The number of anilines is 1. The molecule has 0 aliphatic heterocycles. The van der Waals surface area contributed by atoms with E-state index in [-0.39, 0.29) is 23.2 Å². The summed E-state index contributed by atoms with van der Waals surface area (Å²) in [4.78, 5) is 13.7. The zero-order valence-corrected chi connectivity index (χ0v) is 18.0. The monoisotopic (exact) mass is 409 g/mol. The van der Waals surface area contributed by atoms with E-state index in [1.807, 2.05) is 24.3 Å². The lowest BCUT2D eigenvalue weighted by Crippen LogP contribution is -2.30. The van der Waals surface area contributed by atoms with Gasteiger partial charge in [-0.15, -0.1) is 0 Å². The highest BCUT2D eigenvalue weighted by Crippen LogP contribution is 2.32. The second kappa shape index (κ2) is 7.74. The molecule has 1 heterocycles. The van der Waals surface area contributed by atoms with Crippen LogP contribution in [0.1, 0.15) is 46.1 Å². The van der Waals surface area contributed by atoms with Crippen molar-refractivity contribution in [2.24, 2.45) is 5.41 Å². The van der Waals surface area contributed by atoms with Gasteiger partial charge >= 0.3 is 0 Å². The number of benzene rings is 2. The predicted octanol–water partition coefficient (Wildman–Crippen LogP) is 5.60. The zero-order valence-electron chi connectivity index (χ0n) is 18.0. The molecule has 1 aliphatic carbocycles. The number of aromatic nitrogens is 1. The van der Waals surface area contributed by atoms with Crippen molar-refractivity contribution < 1.29 is 13.7 Å². The van der Waals surface area contributed by atoms with Gasteiger partial charge in [-0.25, -0.2) is 4.39 Å². The molecule has 0 saturated heterocycles. The molecule has 5 nitrogen and oxygen atoms in total. The Morgan fingerprint density at radius 2 is 1.90 bits per heavy atom. The Bertz CT molecular complexity index is 1080. The Morgan fingerprint density at radius 3 is 2.57 bits per heavy atom. The van der Waals surface area contributed by atoms with Gasteiger partial charge in [0.15, 0.2) is 11.4 Å². The largest absolute Gasteiger partial charge is 0.366 e. The van der Waals surface area contributed by atoms with E-state index in [0.29, 0.717) is 23.5 Å². The van der Waals surface area contributed by atoms with Gasteiger partial charge < -0.3 is 14.7 Å². The number of carbonyl (C=O) groups is 1. The third-order valence-electron chi connectivity index (χ3n) is 5.37. The minimum absolute atomic E-state index is 0.0113. The van der Waals surface area contributed by atoms with Crippen LogP contribution >= 0.6 is 0 Å². The Labute approximate surface area is 176 Å². The fourth-order valence-corrected chi connectivity index (χ4v) is 3.54. The first-order valence-corrected chi connectivity index (χ1v) is 10.4. The van der Waals surface area contributed by atoms with Gasteiger partial charge in [0.1, 0.15) is 5.82 Å². The summed E-state index contributed by atoms with van der Waals surface area (Å²) in [7, 11) is 0. The molecule has 1 saturated carbocycles. The predicted molar refractivity (Wildman–Crippen MR) is 117 cm³/mol. The highest BCUT2D eigenvalue weighted by Gasteiger charge is 2.31. The molecule has 0 atom stereocenters. The van der Waals surface area contributed by atoms with Crippen molar-refractivity contribution in [2.75, 3.05) is 11.9 Å². The van der Waals surface area contributed by atoms with E-state index in [9.17, 15) is 9.18 Å². The van der Waals surface area contributed by atoms with Crippen molar-refractivity contribution in [3.63, 3.8) is 0 Å². The van der Waals surface area contributed by atoms with E-state index in [4.69, 9.17) is 4.52 Å². The van der Waals surface area contributed by atoms with Crippen molar-refractivity contribution >= 4 is 22.7 Å². The standard InChI is InChI=1S/C24H28FN3O2/c1-15(29)28(19-7-8-19)13-18-11-16(5-9-21(18)25)17-6-10-22-20(12-17)23(27-30-22)26-14-24(2,3)4/h5-6,9-12,19H,7-8,13-14H2,1-4H3,(H,26,27). The maximum absolute atomic E-state index is 14.5. The van der Waals surface area contributed by atoms with Crippen LogP contribution in [0.3, 0.4) is 0 Å². The molecule has 3 aromatic rings. The van der Waals surface area contributed by atoms with Gasteiger partial charge in [-0.2, -0.15) is 0 Å². The molecular weight excluding hydrogens is 381 g/mol. The number of nitrogens with zero attached hydrogens (tertiary/aromatic N) is 2. The Morgan fingerprint density at radius 1 is 1.20 bits per heavy atom. The van der Waals surface area contributed by atoms with Gasteiger partial charge in [-0.05, 0) is 53.6 Å². The fraction of sp³-hybridized carbons (Fsp3) is 0.417. The van der Waals surface area contributed by atoms with E-state index >= 15 is 0 Å². The number of hydrogen-bond donors (Lipinski definition) is 1. The summed E-state index contributed by atoms with van der Waals surface area (Å²) < 4.78 is 19.9. The van der Waals surface area contributed by atoms with Crippen molar-refractivity contribution in [3.8, 4) is 11.1 Å². The molecule has 1 fully saturated rings. The maximum atomic E-state index is 14.5. The van der Waals surface area contributed by atoms with E-state index in [1.165, 1.54) is 6.07 Å². The molecule has 2 aromatic carbocycles. The van der Waals surface area contributed by atoms with Gasteiger partial charge in [-0.1, -0.05) is 38.1 Å². The summed E-state index contributed by atoms with van der Waals surface area (Å²) in [5.41, 5.74) is 3.20. The first-order chi connectivity index (χ1) is 14.2. The molecule has 0 radical (unpaired) electrons. The number of hydrogen-bond acceptors (Lipinski definition) is 4. The third-order valence-corrected chi connectivity index (χ3v) is 5.37. The minimum atomic E-state index is -0.288. The van der Waals surface area contributed by atoms with Gasteiger partial charge in [0, 0.05) is 31.6 Å². The molecule has 0 spiro atoms. The van der Waals surface area contributed by atoms with Crippen molar-refractivity contribution in [2.45, 2.75) is 53.1 Å². The van der Waals surface area contributed by atoms with Crippen molar-refractivity contribution in [1.29, 1.82) is 0 Å². The summed E-state index contributed by atoms with van der Waals surface area (Å²) in [5, 5.41) is 8.41. The van der Waals surface area contributed by atoms with Crippen LogP contribution in [-0.2, 0) is 11.3 Å². The van der Waals surface area contributed by atoms with Gasteiger partial charge in [0.25, 0.3) is 0 Å². The van der Waals surface area contributed by atoms with Crippen LogP contribution in [-0.4, -0.2) is 28.6 Å². The summed E-state index contributed by atoms with van der Waals surface area (Å²) in [6.07, 6.45) is 1.99. The van der Waals surface area contributed by atoms with Crippen LogP contribution in [0, 0.1) is 11.2 Å². The molecule has 30 heavy (non-hydrogen) atoms. The molecule has 0 unspecified atom stereocenters. The van der Waals surface area contributed by atoms with E-state index in [2.05, 4.69) is 31.2 Å². The second-order valence-electron chi connectivity index (χ2n) is 9.34. The SMILES string of the molecule is CC(=O)N(Cc1cc(-c2ccc3onc(NCC(C)(C)C)c3c2)ccc1F)C1CC1. The number of halogens is 1. The van der Waals surface area contributed by atoms with Crippen LogP contribution in [0.4, 0.5) is 10.2 Å². The first kappa shape index (κ1) is 20.4. The first-order valence-electron chi connectivity index (χ1n) is 10.4. The maximum Gasteiger partial charge on any atom is 0.219 e. The lowest BCUT2D eigenvalue weighted by Gasteiger charge is -2.21. The van der Waals surface area contributed by atoms with Gasteiger partial charge in [0.05, 0.1) is 5.39 Å². The highest BCUT2D eigenvalue weighted by atomic mass is 19.1. The van der Waals surface area contributed by atoms with Crippen molar-refractivity contribution in [3.05, 3.63) is 47.8 Å². The number of fused-ring (bicyclic) bond motifs is 1. The van der Waals surface area contributed by atoms with Crippen LogP contribution in [0.5, 0.6) is 0 Å². The Kier molecular flexibility index (Phi) is 5.26. The second-order valence-corrected chi connectivity index (χ2v) is 9.34. The fourth-order valence-electron chi connectivity index (χ4n) is 3.54. The lowest BCUT2D eigenvalue weighted by atomic mass is 9.97. The summed E-state index contributed by atoms with van der Waals surface area (Å²) in [5.74, 6) is 0.410. The number of carbonyl (C=O) groups excluding carboxylic acids is 1. The molecule has 1 N–H and O–H groups in total. The molecular formula is C24H28FN3O2. The molecule has 1 aliphatic rings. The Hall–Kier alpha value is -2.89.